The van der Waals surface area contributed by atoms with E-state index < -0.39 is 15.4 Å². The van der Waals surface area contributed by atoms with E-state index in [9.17, 15) is 13.2 Å². The van der Waals surface area contributed by atoms with Gasteiger partial charge in [-0.2, -0.15) is 0 Å². The van der Waals surface area contributed by atoms with Crippen LogP contribution in [0.25, 0.3) is 0 Å². The number of sulfonamides is 1. The minimum absolute atomic E-state index is 0.0135. The van der Waals surface area contributed by atoms with Crippen LogP contribution in [0.5, 0.6) is 0 Å². The van der Waals surface area contributed by atoms with Gasteiger partial charge in [0.15, 0.2) is 0 Å². The zero-order valence-electron chi connectivity index (χ0n) is 15.4. The standard InChI is InChI=1S/C17H27N3O4S/c1-13-5-6-14(24-13)11-20-9-7-15-17(12-20,16(21)18(2)3)8-10-25(22,23)19(15)4/h5-6,15H,7-12H2,1-4H3/t15-,17+/m1/s1. The predicted octanol–water partition coefficient (Wildman–Crippen LogP) is 0.902. The Morgan fingerprint density at radius 1 is 1.40 bits per heavy atom. The Morgan fingerprint density at radius 3 is 2.72 bits per heavy atom. The number of hydrogen-bond donors (Lipinski definition) is 0. The molecule has 0 radical (unpaired) electrons. The van der Waals surface area contributed by atoms with Crippen molar-refractivity contribution >= 4 is 15.9 Å². The van der Waals surface area contributed by atoms with E-state index in [4.69, 9.17) is 4.42 Å². The molecule has 2 aliphatic heterocycles. The second-order valence-corrected chi connectivity index (χ2v) is 9.61. The molecule has 1 aromatic heterocycles. The van der Waals surface area contributed by atoms with Crippen LogP contribution in [0.4, 0.5) is 0 Å². The zero-order chi connectivity index (χ0) is 18.4. The number of rotatable bonds is 3. The summed E-state index contributed by atoms with van der Waals surface area (Å²) < 4.78 is 31.7. The number of likely N-dealkylation sites (tertiary alicyclic amines) is 1. The molecule has 2 saturated heterocycles. The molecule has 7 nitrogen and oxygen atoms in total. The molecule has 0 saturated carbocycles. The first-order chi connectivity index (χ1) is 11.7. The van der Waals surface area contributed by atoms with Gasteiger partial charge in [0.05, 0.1) is 17.7 Å². The van der Waals surface area contributed by atoms with Crippen molar-refractivity contribution in [3.63, 3.8) is 0 Å². The summed E-state index contributed by atoms with van der Waals surface area (Å²) in [6.07, 6.45) is 1.02. The van der Waals surface area contributed by atoms with Crippen molar-refractivity contribution < 1.29 is 17.6 Å². The van der Waals surface area contributed by atoms with Gasteiger partial charge in [0.25, 0.3) is 0 Å². The van der Waals surface area contributed by atoms with Crippen LogP contribution in [0.1, 0.15) is 24.4 Å². The molecule has 25 heavy (non-hydrogen) atoms. The van der Waals surface area contributed by atoms with Gasteiger partial charge in [-0.3, -0.25) is 9.69 Å². The van der Waals surface area contributed by atoms with Gasteiger partial charge in [0.1, 0.15) is 11.5 Å². The van der Waals surface area contributed by atoms with E-state index in [2.05, 4.69) is 4.90 Å². The average Bonchev–Trinajstić information content (AvgIpc) is 2.95. The highest BCUT2D eigenvalue weighted by Gasteiger charge is 2.56. The molecule has 3 heterocycles. The van der Waals surface area contributed by atoms with Crippen LogP contribution in [0.3, 0.4) is 0 Å². The minimum Gasteiger partial charge on any atom is -0.465 e. The average molecular weight is 369 g/mol. The number of carbonyl (C=O) groups is 1. The monoisotopic (exact) mass is 369 g/mol. The SMILES string of the molecule is Cc1ccc(CN2CC[C@H]3N(C)S(=O)(=O)CC[C@]3(C(=O)N(C)C)C2)o1. The number of hydrogen-bond acceptors (Lipinski definition) is 5. The maximum atomic E-state index is 13.1. The molecule has 3 rings (SSSR count). The van der Waals surface area contributed by atoms with E-state index in [1.807, 2.05) is 19.1 Å². The molecule has 2 atom stereocenters. The molecule has 140 valence electrons. The van der Waals surface area contributed by atoms with Gasteiger partial charge in [-0.05, 0) is 31.9 Å². The van der Waals surface area contributed by atoms with E-state index in [1.165, 1.54) is 4.31 Å². The van der Waals surface area contributed by atoms with E-state index in [-0.39, 0.29) is 17.7 Å². The molecule has 0 aromatic carbocycles. The largest absolute Gasteiger partial charge is 0.465 e. The number of amides is 1. The van der Waals surface area contributed by atoms with Crippen LogP contribution in [-0.4, -0.2) is 74.5 Å². The normalized spacial score (nSPS) is 30.0. The lowest BCUT2D eigenvalue weighted by molar-refractivity contribution is -0.148. The van der Waals surface area contributed by atoms with Crippen molar-refractivity contribution in [1.82, 2.24) is 14.1 Å². The zero-order valence-corrected chi connectivity index (χ0v) is 16.2. The summed E-state index contributed by atoms with van der Waals surface area (Å²) in [6, 6.07) is 3.61. The fraction of sp³-hybridized carbons (Fsp3) is 0.706. The van der Waals surface area contributed by atoms with Crippen molar-refractivity contribution in [2.75, 3.05) is 40.0 Å². The summed E-state index contributed by atoms with van der Waals surface area (Å²) in [7, 11) is 1.82. The molecule has 0 unspecified atom stereocenters. The number of aryl methyl sites for hydroxylation is 1. The predicted molar refractivity (Wildman–Crippen MR) is 94.4 cm³/mol. The van der Waals surface area contributed by atoms with Crippen LogP contribution in [0, 0.1) is 12.3 Å². The summed E-state index contributed by atoms with van der Waals surface area (Å²) in [4.78, 5) is 16.9. The lowest BCUT2D eigenvalue weighted by atomic mass is 9.72. The van der Waals surface area contributed by atoms with Gasteiger partial charge in [-0.25, -0.2) is 12.7 Å². The third-order valence-corrected chi connectivity index (χ3v) is 7.41. The second-order valence-electron chi connectivity index (χ2n) is 7.47. The van der Waals surface area contributed by atoms with Crippen LogP contribution in [0.15, 0.2) is 16.5 Å². The first-order valence-corrected chi connectivity index (χ1v) is 10.2. The van der Waals surface area contributed by atoms with E-state index >= 15 is 0 Å². The van der Waals surface area contributed by atoms with Gasteiger partial charge >= 0.3 is 0 Å². The van der Waals surface area contributed by atoms with Crippen LogP contribution in [0.2, 0.25) is 0 Å². The highest BCUT2D eigenvalue weighted by atomic mass is 32.2. The maximum Gasteiger partial charge on any atom is 0.231 e. The lowest BCUT2D eigenvalue weighted by Gasteiger charge is -2.53. The number of piperidine rings is 1. The van der Waals surface area contributed by atoms with Crippen molar-refractivity contribution in [3.8, 4) is 0 Å². The van der Waals surface area contributed by atoms with Gasteiger partial charge in [-0.1, -0.05) is 0 Å². The molecule has 1 aromatic rings. The van der Waals surface area contributed by atoms with Crippen molar-refractivity contribution in [1.29, 1.82) is 0 Å². The second kappa shape index (κ2) is 6.41. The fourth-order valence-corrected chi connectivity index (χ4v) is 5.88. The van der Waals surface area contributed by atoms with E-state index in [1.54, 1.807) is 26.0 Å². The topological polar surface area (TPSA) is 74.1 Å². The minimum atomic E-state index is -3.28. The molecular weight excluding hydrogens is 342 g/mol. The van der Waals surface area contributed by atoms with Gasteiger partial charge in [0.2, 0.25) is 15.9 Å². The third-order valence-electron chi connectivity index (χ3n) is 5.55. The highest BCUT2D eigenvalue weighted by molar-refractivity contribution is 7.89. The lowest BCUT2D eigenvalue weighted by Crippen LogP contribution is -2.66. The molecule has 8 heteroatoms. The summed E-state index contributed by atoms with van der Waals surface area (Å²) >= 11 is 0. The van der Waals surface area contributed by atoms with E-state index in [0.717, 1.165) is 18.1 Å². The van der Waals surface area contributed by atoms with Crippen molar-refractivity contribution in [2.45, 2.75) is 32.4 Å². The molecular formula is C17H27N3O4S. The van der Waals surface area contributed by atoms with Crippen LogP contribution < -0.4 is 0 Å². The summed E-state index contributed by atoms with van der Waals surface area (Å²) in [5, 5.41) is 0. The first kappa shape index (κ1) is 18.4. The first-order valence-electron chi connectivity index (χ1n) is 8.61. The summed E-state index contributed by atoms with van der Waals surface area (Å²) in [5.74, 6) is 1.78. The van der Waals surface area contributed by atoms with E-state index in [0.29, 0.717) is 25.9 Å². The molecule has 0 spiro atoms. The number of carbonyl (C=O) groups excluding carboxylic acids is 1. The van der Waals surface area contributed by atoms with Crippen molar-refractivity contribution in [2.24, 2.45) is 5.41 Å². The number of furan rings is 1. The Kier molecular flexibility index (Phi) is 4.72. The number of fused-ring (bicyclic) bond motifs is 1. The summed E-state index contributed by atoms with van der Waals surface area (Å²) in [6.45, 7) is 3.84. The van der Waals surface area contributed by atoms with Gasteiger partial charge < -0.3 is 9.32 Å². The molecule has 0 aliphatic carbocycles. The smallest absolute Gasteiger partial charge is 0.231 e. The maximum absolute atomic E-state index is 13.1. The Balaban J connectivity index is 1.89. The molecule has 2 fully saturated rings. The Labute approximate surface area is 149 Å². The fourth-order valence-electron chi connectivity index (χ4n) is 4.28. The molecule has 0 bridgehead atoms. The van der Waals surface area contributed by atoms with Gasteiger partial charge in [-0.15, -0.1) is 0 Å². The molecule has 1 amide bonds. The van der Waals surface area contributed by atoms with Gasteiger partial charge in [0, 0.05) is 40.3 Å². The number of nitrogens with zero attached hydrogens (tertiary/aromatic N) is 3. The Morgan fingerprint density at radius 2 is 2.12 bits per heavy atom. The Hall–Kier alpha value is -1.38. The van der Waals surface area contributed by atoms with Crippen LogP contribution in [-0.2, 0) is 21.4 Å². The highest BCUT2D eigenvalue weighted by Crippen LogP contribution is 2.43. The summed E-state index contributed by atoms with van der Waals surface area (Å²) in [5.41, 5.74) is -0.691. The van der Waals surface area contributed by atoms with Crippen LogP contribution >= 0.6 is 0 Å². The quantitative estimate of drug-likeness (QED) is 0.792. The Bertz CT molecular complexity index is 758. The van der Waals surface area contributed by atoms with Crippen molar-refractivity contribution in [3.05, 3.63) is 23.7 Å². The molecule has 2 aliphatic rings. The third kappa shape index (κ3) is 3.22. The molecule has 0 N–H and O–H groups in total.